The molecule has 1 heterocycles. The van der Waals surface area contributed by atoms with Crippen LogP contribution in [0.25, 0.3) is 0 Å². The SMILES string of the molecule is CC(=O)NCc1ccc([C@H]2O[C@@H](CN(C)C[C@@H](O)c3cccc(O)c3)C[C@@H](c3ccc(CO)cc3)O2)cc1. The number of likely N-dealkylation sites (N-methyl/N-ethyl adjacent to an activating group) is 1. The molecule has 4 rings (SSSR count). The number of aliphatic hydroxyl groups excluding tert-OH is 2. The summed E-state index contributed by atoms with van der Waals surface area (Å²) in [5, 5.41) is 32.7. The molecule has 202 valence electrons. The Bertz CT molecular complexity index is 1180. The number of aliphatic hydroxyl groups is 2. The van der Waals surface area contributed by atoms with E-state index in [1.807, 2.05) is 60.5 Å². The van der Waals surface area contributed by atoms with Crippen LogP contribution >= 0.6 is 0 Å². The fourth-order valence-electron chi connectivity index (χ4n) is 4.61. The molecule has 4 N–H and O–H groups in total. The Morgan fingerprint density at radius 2 is 1.71 bits per heavy atom. The first kappa shape index (κ1) is 27.8. The van der Waals surface area contributed by atoms with Gasteiger partial charge in [-0.05, 0) is 41.4 Å². The van der Waals surface area contributed by atoms with Crippen LogP contribution < -0.4 is 5.32 Å². The number of rotatable bonds is 10. The molecule has 0 bridgehead atoms. The van der Waals surface area contributed by atoms with E-state index in [2.05, 4.69) is 5.32 Å². The minimum Gasteiger partial charge on any atom is -0.508 e. The molecule has 1 aliphatic rings. The highest BCUT2D eigenvalue weighted by molar-refractivity contribution is 5.72. The highest BCUT2D eigenvalue weighted by Crippen LogP contribution is 2.38. The van der Waals surface area contributed by atoms with Crippen LogP contribution in [0.3, 0.4) is 0 Å². The third kappa shape index (κ3) is 7.63. The first-order valence-electron chi connectivity index (χ1n) is 12.8. The van der Waals surface area contributed by atoms with Crippen LogP contribution in [0.5, 0.6) is 5.75 Å². The molecule has 3 aromatic rings. The number of aromatic hydroxyl groups is 1. The van der Waals surface area contributed by atoms with E-state index in [0.29, 0.717) is 31.6 Å². The zero-order valence-electron chi connectivity index (χ0n) is 21.8. The molecule has 38 heavy (non-hydrogen) atoms. The molecule has 0 saturated carbocycles. The number of carbonyl (C=O) groups excluding carboxylic acids is 1. The van der Waals surface area contributed by atoms with Crippen molar-refractivity contribution in [3.63, 3.8) is 0 Å². The van der Waals surface area contributed by atoms with E-state index < -0.39 is 12.4 Å². The largest absolute Gasteiger partial charge is 0.508 e. The number of ether oxygens (including phenoxy) is 2. The maximum absolute atomic E-state index is 11.2. The molecular formula is C30H36N2O6. The second kappa shape index (κ2) is 13.0. The van der Waals surface area contributed by atoms with Crippen LogP contribution in [0.1, 0.15) is 59.7 Å². The fraction of sp³-hybridized carbons (Fsp3) is 0.367. The van der Waals surface area contributed by atoms with Crippen molar-refractivity contribution in [2.24, 2.45) is 0 Å². The summed E-state index contributed by atoms with van der Waals surface area (Å²) in [6.07, 6.45) is -1.09. The molecule has 1 fully saturated rings. The Morgan fingerprint density at radius 3 is 2.37 bits per heavy atom. The fourth-order valence-corrected chi connectivity index (χ4v) is 4.61. The number of nitrogens with zero attached hydrogens (tertiary/aromatic N) is 1. The predicted octanol–water partition coefficient (Wildman–Crippen LogP) is 3.73. The molecule has 1 aliphatic heterocycles. The highest BCUT2D eigenvalue weighted by atomic mass is 16.7. The van der Waals surface area contributed by atoms with Gasteiger partial charge in [-0.15, -0.1) is 0 Å². The van der Waals surface area contributed by atoms with Gasteiger partial charge in [0.25, 0.3) is 0 Å². The van der Waals surface area contributed by atoms with E-state index >= 15 is 0 Å². The van der Waals surface area contributed by atoms with Crippen LogP contribution in [0.15, 0.2) is 72.8 Å². The summed E-state index contributed by atoms with van der Waals surface area (Å²) in [6.45, 7) is 2.88. The Hall–Kier alpha value is -3.27. The van der Waals surface area contributed by atoms with Crippen LogP contribution in [0.2, 0.25) is 0 Å². The average Bonchev–Trinajstić information content (AvgIpc) is 2.92. The Balaban J connectivity index is 1.47. The minimum absolute atomic E-state index is 0.0166. The number of benzene rings is 3. The number of nitrogens with one attached hydrogen (secondary N) is 1. The molecule has 0 aliphatic carbocycles. The first-order valence-corrected chi connectivity index (χ1v) is 12.8. The molecule has 0 radical (unpaired) electrons. The van der Waals surface area contributed by atoms with Crippen molar-refractivity contribution in [2.75, 3.05) is 20.1 Å². The van der Waals surface area contributed by atoms with Crippen LogP contribution in [-0.4, -0.2) is 52.4 Å². The van der Waals surface area contributed by atoms with Crippen molar-refractivity contribution >= 4 is 5.91 Å². The van der Waals surface area contributed by atoms with Gasteiger partial charge in [0.1, 0.15) is 5.75 Å². The van der Waals surface area contributed by atoms with Gasteiger partial charge in [-0.1, -0.05) is 60.7 Å². The van der Waals surface area contributed by atoms with Crippen LogP contribution in [0, 0.1) is 0 Å². The van der Waals surface area contributed by atoms with Crippen molar-refractivity contribution in [2.45, 2.75) is 51.1 Å². The van der Waals surface area contributed by atoms with Gasteiger partial charge in [0.05, 0.1) is 24.9 Å². The van der Waals surface area contributed by atoms with E-state index in [0.717, 1.165) is 22.3 Å². The predicted molar refractivity (Wildman–Crippen MR) is 143 cm³/mol. The molecule has 0 aromatic heterocycles. The summed E-state index contributed by atoms with van der Waals surface area (Å²) in [7, 11) is 1.93. The molecule has 0 spiro atoms. The number of carbonyl (C=O) groups is 1. The number of phenolic OH excluding ortho intramolecular Hbond substituents is 1. The number of hydrogen-bond acceptors (Lipinski definition) is 7. The van der Waals surface area contributed by atoms with Gasteiger partial charge in [0.2, 0.25) is 5.91 Å². The molecule has 8 nitrogen and oxygen atoms in total. The quantitative estimate of drug-likeness (QED) is 0.322. The molecule has 3 aromatic carbocycles. The van der Waals surface area contributed by atoms with E-state index in [1.54, 1.807) is 24.3 Å². The molecule has 8 heteroatoms. The Morgan fingerprint density at radius 1 is 1.03 bits per heavy atom. The van der Waals surface area contributed by atoms with Crippen molar-refractivity contribution in [3.8, 4) is 5.75 Å². The number of hydrogen-bond donors (Lipinski definition) is 4. The Labute approximate surface area is 223 Å². The van der Waals surface area contributed by atoms with E-state index in [9.17, 15) is 20.1 Å². The number of phenols is 1. The van der Waals surface area contributed by atoms with Gasteiger partial charge >= 0.3 is 0 Å². The summed E-state index contributed by atoms with van der Waals surface area (Å²) >= 11 is 0. The van der Waals surface area contributed by atoms with Gasteiger partial charge in [0, 0.05) is 38.5 Å². The normalized spacial score (nSPS) is 20.3. The summed E-state index contributed by atoms with van der Waals surface area (Å²) < 4.78 is 12.8. The maximum Gasteiger partial charge on any atom is 0.217 e. The van der Waals surface area contributed by atoms with Gasteiger partial charge in [-0.25, -0.2) is 0 Å². The van der Waals surface area contributed by atoms with Crippen molar-refractivity contribution in [3.05, 3.63) is 101 Å². The van der Waals surface area contributed by atoms with Gasteiger partial charge in [-0.2, -0.15) is 0 Å². The van der Waals surface area contributed by atoms with E-state index in [4.69, 9.17) is 9.47 Å². The second-order valence-corrected chi connectivity index (χ2v) is 9.83. The van der Waals surface area contributed by atoms with Gasteiger partial charge < -0.3 is 35.0 Å². The second-order valence-electron chi connectivity index (χ2n) is 9.83. The van der Waals surface area contributed by atoms with Crippen molar-refractivity contribution in [1.82, 2.24) is 10.2 Å². The minimum atomic E-state index is -0.749. The zero-order chi connectivity index (χ0) is 27.1. The molecular weight excluding hydrogens is 484 g/mol. The summed E-state index contributed by atoms with van der Waals surface area (Å²) in [6, 6.07) is 22.2. The average molecular weight is 521 g/mol. The Kier molecular flexibility index (Phi) is 9.49. The lowest BCUT2D eigenvalue weighted by Gasteiger charge is -2.38. The lowest BCUT2D eigenvalue weighted by molar-refractivity contribution is -0.252. The third-order valence-electron chi connectivity index (χ3n) is 6.66. The maximum atomic E-state index is 11.2. The highest BCUT2D eigenvalue weighted by Gasteiger charge is 2.33. The van der Waals surface area contributed by atoms with Crippen LogP contribution in [-0.2, 0) is 27.4 Å². The van der Waals surface area contributed by atoms with Crippen molar-refractivity contribution in [1.29, 1.82) is 0 Å². The zero-order valence-corrected chi connectivity index (χ0v) is 21.8. The standard InChI is InChI=1S/C30H36N2O6/c1-20(34)31-16-21-6-12-24(13-7-21)30-37-27(15-29(38-30)23-10-8-22(19-33)9-11-23)17-32(2)18-28(36)25-4-3-5-26(35)14-25/h3-14,27-30,33,35-36H,15-19H2,1-2H3,(H,31,34)/t27-,28-,29+,30+/m1/s1. The summed E-state index contributed by atoms with van der Waals surface area (Å²) in [5.74, 6) is 0.0437. The smallest absolute Gasteiger partial charge is 0.217 e. The van der Waals surface area contributed by atoms with Crippen LogP contribution in [0.4, 0.5) is 0 Å². The summed E-state index contributed by atoms with van der Waals surface area (Å²) in [5.41, 5.74) is 4.35. The van der Waals surface area contributed by atoms with E-state index in [-0.39, 0.29) is 30.5 Å². The van der Waals surface area contributed by atoms with Gasteiger partial charge in [0.15, 0.2) is 6.29 Å². The first-order chi connectivity index (χ1) is 18.3. The third-order valence-corrected chi connectivity index (χ3v) is 6.66. The van der Waals surface area contributed by atoms with E-state index in [1.165, 1.54) is 6.92 Å². The lowest BCUT2D eigenvalue weighted by Crippen LogP contribution is -2.39. The van der Waals surface area contributed by atoms with Crippen molar-refractivity contribution < 1.29 is 29.6 Å². The lowest BCUT2D eigenvalue weighted by atomic mass is 9.99. The molecule has 1 saturated heterocycles. The summed E-state index contributed by atoms with van der Waals surface area (Å²) in [4.78, 5) is 13.3. The molecule has 0 unspecified atom stereocenters. The van der Waals surface area contributed by atoms with Gasteiger partial charge in [-0.3, -0.25) is 4.79 Å². The molecule has 1 amide bonds. The monoisotopic (exact) mass is 520 g/mol. The molecule has 4 atom stereocenters. The number of amides is 1. The topological polar surface area (TPSA) is 111 Å².